The largest absolute Gasteiger partial charge is 0.313 e. The Morgan fingerprint density at radius 1 is 1.15 bits per heavy atom. The number of imidazole rings is 1. The summed E-state index contributed by atoms with van der Waals surface area (Å²) in [6.07, 6.45) is 3.80. The second-order valence-corrected chi connectivity index (χ2v) is 7.80. The van der Waals surface area contributed by atoms with Gasteiger partial charge in [0, 0.05) is 30.2 Å². The van der Waals surface area contributed by atoms with Crippen LogP contribution in [0.25, 0.3) is 27.8 Å². The minimum atomic E-state index is 0.0234. The summed E-state index contributed by atoms with van der Waals surface area (Å²) in [5.41, 5.74) is 5.25. The zero-order valence-electron chi connectivity index (χ0n) is 15.7. The highest BCUT2D eigenvalue weighted by Crippen LogP contribution is 2.25. The first-order valence-corrected chi connectivity index (χ1v) is 9.84. The number of nitrogens with zero attached hydrogens (tertiary/aromatic N) is 4. The van der Waals surface area contributed by atoms with Crippen LogP contribution in [0.2, 0.25) is 0 Å². The Morgan fingerprint density at radius 3 is 2.70 bits per heavy atom. The lowest BCUT2D eigenvalue weighted by atomic mass is 10.1. The molecule has 6 heteroatoms. The van der Waals surface area contributed by atoms with Crippen molar-refractivity contribution in [1.29, 1.82) is 0 Å². The van der Waals surface area contributed by atoms with Gasteiger partial charge >= 0.3 is 0 Å². The van der Waals surface area contributed by atoms with Crippen molar-refractivity contribution in [3.8, 4) is 16.8 Å². The Balaban J connectivity index is 1.71. The zero-order valence-corrected chi connectivity index (χ0v) is 16.5. The van der Waals surface area contributed by atoms with Gasteiger partial charge in [-0.15, -0.1) is 0 Å². The van der Waals surface area contributed by atoms with Crippen molar-refractivity contribution in [2.24, 2.45) is 0 Å². The van der Waals surface area contributed by atoms with Gasteiger partial charge < -0.3 is 9.47 Å². The topological polar surface area (TPSA) is 43.1 Å². The molecule has 0 aliphatic carbocycles. The fraction of sp³-hybridized carbons (Fsp3) is 0.238. The van der Waals surface area contributed by atoms with Gasteiger partial charge in [0.15, 0.2) is 0 Å². The Kier molecular flexibility index (Phi) is 4.68. The lowest BCUT2D eigenvalue weighted by Gasteiger charge is -2.21. The number of hydrogen-bond donors (Lipinski definition) is 0. The lowest BCUT2D eigenvalue weighted by Crippen LogP contribution is -2.33. The van der Waals surface area contributed by atoms with Crippen LogP contribution >= 0.6 is 11.3 Å². The summed E-state index contributed by atoms with van der Waals surface area (Å²) >= 11 is 1.67. The molecule has 0 aliphatic rings. The number of pyridine rings is 1. The predicted molar refractivity (Wildman–Crippen MR) is 112 cm³/mol. The number of benzene rings is 1. The van der Waals surface area contributed by atoms with Crippen molar-refractivity contribution in [2.45, 2.75) is 19.5 Å². The number of rotatable bonds is 5. The van der Waals surface area contributed by atoms with Crippen molar-refractivity contribution in [3.63, 3.8) is 0 Å². The quantitative estimate of drug-likeness (QED) is 0.530. The maximum absolute atomic E-state index is 12.2. The predicted octanol–water partition coefficient (Wildman–Crippen LogP) is 3.87. The lowest BCUT2D eigenvalue weighted by molar-refractivity contribution is 0.281. The molecule has 4 aromatic rings. The van der Waals surface area contributed by atoms with Crippen LogP contribution in [0, 0.1) is 0 Å². The first-order valence-electron chi connectivity index (χ1n) is 8.90. The summed E-state index contributed by atoms with van der Waals surface area (Å²) < 4.78 is 3.88. The molecule has 1 unspecified atom stereocenters. The highest BCUT2D eigenvalue weighted by molar-refractivity contribution is 7.08. The smallest absolute Gasteiger partial charge is 0.250 e. The van der Waals surface area contributed by atoms with Crippen molar-refractivity contribution in [2.75, 3.05) is 14.1 Å². The maximum Gasteiger partial charge on any atom is 0.250 e. The van der Waals surface area contributed by atoms with Gasteiger partial charge in [-0.25, -0.2) is 4.98 Å². The molecule has 0 N–H and O–H groups in total. The van der Waals surface area contributed by atoms with Crippen molar-refractivity contribution in [1.82, 2.24) is 19.0 Å². The van der Waals surface area contributed by atoms with E-state index in [-0.39, 0.29) is 11.6 Å². The van der Waals surface area contributed by atoms with E-state index in [9.17, 15) is 4.79 Å². The van der Waals surface area contributed by atoms with Gasteiger partial charge in [-0.3, -0.25) is 9.36 Å². The van der Waals surface area contributed by atoms with Crippen LogP contribution < -0.4 is 5.56 Å². The maximum atomic E-state index is 12.2. The summed E-state index contributed by atoms with van der Waals surface area (Å²) in [5.74, 6) is 0. The van der Waals surface area contributed by atoms with Gasteiger partial charge in [-0.2, -0.15) is 11.3 Å². The van der Waals surface area contributed by atoms with Crippen LogP contribution in [0.1, 0.15) is 6.92 Å². The average molecular weight is 379 g/mol. The van der Waals surface area contributed by atoms with Gasteiger partial charge in [0.05, 0.1) is 16.7 Å². The summed E-state index contributed by atoms with van der Waals surface area (Å²) in [5, 5.41) is 4.17. The van der Waals surface area contributed by atoms with Gasteiger partial charge in [-0.1, -0.05) is 6.07 Å². The molecule has 138 valence electrons. The fourth-order valence-corrected chi connectivity index (χ4v) is 3.71. The van der Waals surface area contributed by atoms with E-state index in [0.29, 0.717) is 6.54 Å². The standard InChI is InChI=1S/C21H22N4OS/c1-15(23(2)3)11-24-12-17(5-7-21(24)26)16-4-6-20-19(10-16)22-14-25(20)18-8-9-27-13-18/h4-10,12-15H,11H2,1-3H3. The van der Waals surface area contributed by atoms with E-state index in [1.165, 1.54) is 0 Å². The molecule has 0 amide bonds. The molecule has 27 heavy (non-hydrogen) atoms. The van der Waals surface area contributed by atoms with Crippen LogP contribution in [0.3, 0.4) is 0 Å². The molecule has 0 saturated heterocycles. The van der Waals surface area contributed by atoms with Gasteiger partial charge in [-0.05, 0) is 61.8 Å². The van der Waals surface area contributed by atoms with Crippen LogP contribution in [0.15, 0.2) is 64.5 Å². The monoisotopic (exact) mass is 378 g/mol. The summed E-state index contributed by atoms with van der Waals surface area (Å²) in [4.78, 5) is 18.9. The van der Waals surface area contributed by atoms with E-state index in [0.717, 1.165) is 27.8 Å². The number of thiophene rings is 1. The van der Waals surface area contributed by atoms with Crippen LogP contribution in [0.5, 0.6) is 0 Å². The molecule has 4 rings (SSSR count). The molecule has 1 atom stereocenters. The molecular formula is C21H22N4OS. The molecule has 0 bridgehead atoms. The molecule has 0 radical (unpaired) electrons. The number of likely N-dealkylation sites (N-methyl/N-ethyl adjacent to an activating group) is 1. The van der Waals surface area contributed by atoms with Gasteiger partial charge in [0.2, 0.25) is 0 Å². The number of hydrogen-bond acceptors (Lipinski definition) is 4. The van der Waals surface area contributed by atoms with E-state index in [4.69, 9.17) is 0 Å². The van der Waals surface area contributed by atoms with Crippen LogP contribution in [-0.4, -0.2) is 39.2 Å². The number of fused-ring (bicyclic) bond motifs is 1. The first-order chi connectivity index (χ1) is 13.0. The third-order valence-corrected chi connectivity index (χ3v) is 5.66. The van der Waals surface area contributed by atoms with Crippen LogP contribution in [-0.2, 0) is 6.54 Å². The SMILES string of the molecule is CC(Cn1cc(-c2ccc3c(c2)ncn3-c2ccsc2)ccc1=O)N(C)C. The minimum Gasteiger partial charge on any atom is -0.313 e. The molecule has 0 fully saturated rings. The molecule has 0 aliphatic heterocycles. The Bertz CT molecular complexity index is 1120. The highest BCUT2D eigenvalue weighted by Gasteiger charge is 2.10. The third kappa shape index (κ3) is 3.46. The Labute approximate surface area is 162 Å². The molecule has 3 aromatic heterocycles. The molecular weight excluding hydrogens is 356 g/mol. The summed E-state index contributed by atoms with van der Waals surface area (Å²) in [6, 6.07) is 12.2. The average Bonchev–Trinajstić information content (AvgIpc) is 3.31. The normalized spacial score (nSPS) is 12.7. The van der Waals surface area contributed by atoms with Gasteiger partial charge in [0.25, 0.3) is 5.56 Å². The minimum absolute atomic E-state index is 0.0234. The van der Waals surface area contributed by atoms with Gasteiger partial charge in [0.1, 0.15) is 6.33 Å². The van der Waals surface area contributed by atoms with Crippen molar-refractivity contribution < 1.29 is 0 Å². The number of aromatic nitrogens is 3. The van der Waals surface area contributed by atoms with E-state index in [1.807, 2.05) is 32.7 Å². The summed E-state index contributed by atoms with van der Waals surface area (Å²) in [7, 11) is 4.05. The fourth-order valence-electron chi connectivity index (χ4n) is 3.09. The third-order valence-electron chi connectivity index (χ3n) is 4.99. The van der Waals surface area contributed by atoms with E-state index < -0.39 is 0 Å². The molecule has 0 spiro atoms. The molecule has 0 saturated carbocycles. The highest BCUT2D eigenvalue weighted by atomic mass is 32.1. The van der Waals surface area contributed by atoms with E-state index in [1.54, 1.807) is 22.0 Å². The summed E-state index contributed by atoms with van der Waals surface area (Å²) in [6.45, 7) is 2.77. The van der Waals surface area contributed by atoms with Crippen LogP contribution in [0.4, 0.5) is 0 Å². The Hall–Kier alpha value is -2.70. The molecule has 3 heterocycles. The second kappa shape index (κ2) is 7.13. The van der Waals surface area contributed by atoms with E-state index in [2.05, 4.69) is 56.4 Å². The zero-order chi connectivity index (χ0) is 19.0. The molecule has 1 aromatic carbocycles. The van der Waals surface area contributed by atoms with Crippen molar-refractivity contribution >= 4 is 22.4 Å². The first kappa shape index (κ1) is 17.7. The van der Waals surface area contributed by atoms with E-state index >= 15 is 0 Å². The Morgan fingerprint density at radius 2 is 1.96 bits per heavy atom. The molecule has 5 nitrogen and oxygen atoms in total. The second-order valence-electron chi connectivity index (χ2n) is 7.02. The van der Waals surface area contributed by atoms with Crippen molar-refractivity contribution in [3.05, 3.63) is 70.0 Å².